The number of phenolic OH excluding ortho intramolecular Hbond substituents is 3. The molecule has 642 valence electrons. The zero-order chi connectivity index (χ0) is 85.4. The van der Waals surface area contributed by atoms with Crippen molar-refractivity contribution in [1.82, 2.24) is 58.5 Å². The minimum atomic E-state index is -2.38. The van der Waals surface area contributed by atoms with Crippen LogP contribution in [-0.4, -0.2) is 188 Å². The van der Waals surface area contributed by atoms with Gasteiger partial charge in [-0.1, -0.05) is 108 Å². The normalized spacial score (nSPS) is 27.3. The Morgan fingerprint density at radius 2 is 1.18 bits per heavy atom. The van der Waals surface area contributed by atoms with Crippen molar-refractivity contribution in [2.45, 2.75) is 215 Å². The van der Waals surface area contributed by atoms with Crippen LogP contribution in [0.2, 0.25) is 10.0 Å². The number of rotatable bonds is 23. The summed E-state index contributed by atoms with van der Waals surface area (Å²) in [6.07, 6.45) is -5.72. The molecule has 15 rings (SSSR count). The van der Waals surface area contributed by atoms with Gasteiger partial charge in [0.2, 0.25) is 59.3 Å². The van der Waals surface area contributed by atoms with E-state index in [4.69, 9.17) is 46.9 Å². The Hall–Kier alpha value is -10.3. The molecule has 4 saturated carbocycles. The molecule has 11 amide bonds. The first-order valence-corrected chi connectivity index (χ1v) is 41.2. The molecule has 3 unspecified atom stereocenters. The first-order chi connectivity index (χ1) is 56.9. The van der Waals surface area contributed by atoms with Crippen molar-refractivity contribution in [3.63, 3.8) is 0 Å². The van der Waals surface area contributed by atoms with Crippen molar-refractivity contribution in [1.29, 1.82) is 0 Å². The Morgan fingerprint density at radius 3 is 1.80 bits per heavy atom. The second kappa shape index (κ2) is 38.8. The molecule has 36 heteroatoms. The number of alkyl carbamates (subject to hydrolysis) is 1. The SMILES string of the molecule is CCCCCCNC(=O)NC(=O)CC1NC(=O)C(NC(=O)[C@@H](CC(C)C)NC)[C@H](O)c2ccc(c(Cl)c2)Oc2cc3cc(c2O[C@H]2O[C@H](COC(=O)NCCCCCC)[C@@H](O)[C@H](O)[C@H]2O)Oc2ccc(cc2Cl)[C@@H](O)[C@@H]2NC(=O)[C@H](NC(=O)C3NC1=O)c1ccc(O)c(c1)-c1c(O)cc(O)cc1[C@H](C(=O)NC1C3CC4CC(C3)CC1C4)NC2=O. The van der Waals surface area contributed by atoms with Gasteiger partial charge in [-0.25, -0.2) is 9.59 Å². The Bertz CT molecular complexity index is 4610. The minimum absolute atomic E-state index is 0.0648. The van der Waals surface area contributed by atoms with E-state index < -0.39 is 203 Å². The van der Waals surface area contributed by atoms with Gasteiger partial charge in [-0.3, -0.25) is 43.7 Å². The number of hydrogen-bond acceptors (Lipinski definition) is 24. The number of urea groups is 1. The van der Waals surface area contributed by atoms with Gasteiger partial charge >= 0.3 is 12.1 Å². The maximum atomic E-state index is 16.5. The molecule has 14 atom stereocenters. The molecule has 5 aromatic carbocycles. The average molecular weight is 1690 g/mol. The Balaban J connectivity index is 1.04. The number of ether oxygens (including phenoxy) is 5. The lowest BCUT2D eigenvalue weighted by atomic mass is 9.54. The van der Waals surface area contributed by atoms with Crippen molar-refractivity contribution in [3.05, 3.63) is 117 Å². The van der Waals surface area contributed by atoms with Crippen LogP contribution >= 0.6 is 23.2 Å². The van der Waals surface area contributed by atoms with E-state index in [-0.39, 0.29) is 93.2 Å². The fraction of sp³-hybridized carbons (Fsp3) is 0.518. The molecule has 0 radical (unpaired) electrons. The van der Waals surface area contributed by atoms with E-state index in [1.54, 1.807) is 0 Å². The number of phenols is 3. The van der Waals surface area contributed by atoms with Crippen molar-refractivity contribution in [3.8, 4) is 57.1 Å². The zero-order valence-electron chi connectivity index (χ0n) is 66.2. The summed E-state index contributed by atoms with van der Waals surface area (Å²) in [5.41, 5.74) is -2.19. The maximum absolute atomic E-state index is 16.5. The molecule has 6 heterocycles. The summed E-state index contributed by atoms with van der Waals surface area (Å²) in [5.74, 6) is -13.5. The second-order valence-corrected chi connectivity index (χ2v) is 32.9. The molecule has 4 aliphatic carbocycles. The van der Waals surface area contributed by atoms with Crippen LogP contribution in [0.3, 0.4) is 0 Å². The number of hydrogen-bond donors (Lipinski definition) is 19. The average Bonchev–Trinajstić information content (AvgIpc) is 0.766. The van der Waals surface area contributed by atoms with Crippen molar-refractivity contribution >= 4 is 82.6 Å². The second-order valence-electron chi connectivity index (χ2n) is 32.1. The number of carbonyl (C=O) groups is 10. The van der Waals surface area contributed by atoms with Gasteiger partial charge in [0, 0.05) is 36.3 Å². The number of carbonyl (C=O) groups excluding carboxylic acids is 10. The summed E-state index contributed by atoms with van der Waals surface area (Å²) in [4.78, 5) is 150. The largest absolute Gasteiger partial charge is 0.508 e. The molecular formula is C83H103Cl2N11O23. The van der Waals surface area contributed by atoms with Gasteiger partial charge in [-0.05, 0) is 170 Å². The number of aromatic hydroxyl groups is 3. The summed E-state index contributed by atoms with van der Waals surface area (Å²) in [6.45, 7) is 7.22. The smallest absolute Gasteiger partial charge is 0.407 e. The highest BCUT2D eigenvalue weighted by molar-refractivity contribution is 6.32. The van der Waals surface area contributed by atoms with E-state index in [1.807, 2.05) is 27.7 Å². The molecule has 19 N–H and O–H groups in total. The third-order valence-electron chi connectivity index (χ3n) is 23.0. The van der Waals surface area contributed by atoms with E-state index in [9.17, 15) is 60.0 Å². The predicted molar refractivity (Wildman–Crippen MR) is 427 cm³/mol. The Kier molecular flexibility index (Phi) is 28.7. The molecule has 119 heavy (non-hydrogen) atoms. The predicted octanol–water partition coefficient (Wildman–Crippen LogP) is 5.96. The quantitative estimate of drug-likeness (QED) is 0.0335. The van der Waals surface area contributed by atoms with Crippen LogP contribution in [0.5, 0.6) is 46.0 Å². The van der Waals surface area contributed by atoms with Crippen LogP contribution in [0.15, 0.2) is 78.9 Å². The molecule has 10 aliphatic rings. The van der Waals surface area contributed by atoms with Gasteiger partial charge in [-0.15, -0.1) is 0 Å². The number of imide groups is 1. The first-order valence-electron chi connectivity index (χ1n) is 40.4. The maximum Gasteiger partial charge on any atom is 0.407 e. The fourth-order valence-corrected chi connectivity index (χ4v) is 17.5. The van der Waals surface area contributed by atoms with Crippen LogP contribution in [0.4, 0.5) is 9.59 Å². The minimum Gasteiger partial charge on any atom is -0.508 e. The number of unbranched alkanes of at least 4 members (excludes halogenated alkanes) is 6. The van der Waals surface area contributed by atoms with Gasteiger partial charge in [0.15, 0.2) is 11.5 Å². The zero-order valence-corrected chi connectivity index (χ0v) is 67.7. The summed E-state index contributed by atoms with van der Waals surface area (Å²) in [5, 5.41) is 124. The molecule has 15 bridgehead atoms. The van der Waals surface area contributed by atoms with Crippen LogP contribution in [0.25, 0.3) is 11.1 Å². The van der Waals surface area contributed by atoms with Crippen LogP contribution in [-0.2, 0) is 47.8 Å². The Labute approximate surface area is 695 Å². The molecule has 6 aliphatic heterocycles. The van der Waals surface area contributed by atoms with Crippen molar-refractivity contribution in [2.24, 2.45) is 29.6 Å². The molecule has 1 saturated heterocycles. The lowest BCUT2D eigenvalue weighted by Crippen LogP contribution is -2.60. The van der Waals surface area contributed by atoms with Crippen LogP contribution in [0.1, 0.15) is 182 Å². The topological polar surface area (TPSA) is 511 Å². The summed E-state index contributed by atoms with van der Waals surface area (Å²) in [7, 11) is 1.48. The highest BCUT2D eigenvalue weighted by atomic mass is 35.5. The Morgan fingerprint density at radius 1 is 0.588 bits per heavy atom. The number of halogens is 2. The van der Waals surface area contributed by atoms with E-state index in [2.05, 4.69) is 58.5 Å². The third-order valence-corrected chi connectivity index (χ3v) is 23.6. The fourth-order valence-electron chi connectivity index (χ4n) is 17.0. The highest BCUT2D eigenvalue weighted by Gasteiger charge is 2.51. The number of benzene rings is 5. The third kappa shape index (κ3) is 20.6. The summed E-state index contributed by atoms with van der Waals surface area (Å²) < 4.78 is 31.4. The molecular weight excluding hydrogens is 1590 g/mol. The number of amides is 11. The van der Waals surface area contributed by atoms with Crippen LogP contribution in [0, 0.1) is 29.6 Å². The molecule has 0 spiro atoms. The number of likely N-dealkylation sites (N-methyl/N-ethyl adjacent to an activating group) is 1. The molecule has 34 nitrogen and oxygen atoms in total. The summed E-state index contributed by atoms with van der Waals surface area (Å²) in [6, 6.07) is -0.993. The number of aliphatic hydroxyl groups is 5. The monoisotopic (exact) mass is 1690 g/mol. The lowest BCUT2D eigenvalue weighted by molar-refractivity contribution is -0.277. The first kappa shape index (κ1) is 88.0. The molecule has 5 fully saturated rings. The van der Waals surface area contributed by atoms with E-state index in [1.165, 1.54) is 31.3 Å². The van der Waals surface area contributed by atoms with Crippen molar-refractivity contribution < 1.29 is 112 Å². The number of nitrogens with one attached hydrogen (secondary N) is 11. The van der Waals surface area contributed by atoms with E-state index in [0.717, 1.165) is 125 Å². The van der Waals surface area contributed by atoms with Gasteiger partial charge < -0.3 is 118 Å². The molecule has 0 aromatic heterocycles. The standard InChI is InChI=1S/C83H103Cl2N11O23/c1-6-8-10-12-20-87-82(113)90-60(100)35-52-75(107)92-64-45-31-57(116-55-18-15-41(29-49(55)84)68(101)66(79(111)89-52)95-74(106)51(86-5)22-37(3)4)73(119-81-72(105)71(104)70(103)59(118-81)36-115-83(114)88-21-13-11-9-7-2)58(32-45)117-56-19-16-42(30-50(56)85)69(102)67-80(112)94-65(78(110)91-62-43-24-38-23-39(26-43)27-44(62)25-38)48-33-46(97)34-54(99)61(48)47-28-40(14-17-53(47)98)63(76(108)96-67)93-77(64)109/h14-19,28-34,37-39,43-44,51-52,59,62-72,81,86,97-99,101-105H,6-13,20-27,35-36H2,1-5H3,(H,88,114)(H,89,111)(H,91,110)(H,92,107)(H,93,109)(H,94,112)(H,95,106)(H,96,108)(H2,87,90,100,113)/t38?,39?,43?,44?,51-,52?,59-,62?,63-,64?,65-,66?,67+,68-,69-,70-,71+,72-,81-/m1/s1. The molecule has 5 aromatic rings. The van der Waals surface area contributed by atoms with Gasteiger partial charge in [-0.2, -0.15) is 0 Å². The summed E-state index contributed by atoms with van der Waals surface area (Å²) >= 11 is 14.4. The van der Waals surface area contributed by atoms with Gasteiger partial charge in [0.05, 0.1) is 22.5 Å². The van der Waals surface area contributed by atoms with Crippen LogP contribution < -0.4 is 72.7 Å². The number of fused-ring (bicyclic) bond motifs is 15. The lowest BCUT2D eigenvalue weighted by Gasteiger charge is -2.54. The highest BCUT2D eigenvalue weighted by Crippen LogP contribution is 2.55. The van der Waals surface area contributed by atoms with Gasteiger partial charge in [0.1, 0.15) is 108 Å². The number of aliphatic hydroxyl groups excluding tert-OH is 5. The van der Waals surface area contributed by atoms with E-state index in [0.29, 0.717) is 24.7 Å². The van der Waals surface area contributed by atoms with E-state index >= 15 is 28.8 Å². The van der Waals surface area contributed by atoms with Gasteiger partial charge in [0.25, 0.3) is 0 Å². The van der Waals surface area contributed by atoms with Crippen molar-refractivity contribution in [2.75, 3.05) is 26.7 Å².